The Hall–Kier alpha value is -0.390. The van der Waals surface area contributed by atoms with E-state index in [0.717, 1.165) is 5.56 Å². The Bertz CT molecular complexity index is 320. The number of benzene rings is 1. The summed E-state index contributed by atoms with van der Waals surface area (Å²) in [5, 5.41) is 13.4. The Labute approximate surface area is 124 Å². The van der Waals surface area contributed by atoms with Crippen molar-refractivity contribution in [2.75, 3.05) is 13.1 Å². The topological polar surface area (TPSA) is 78.2 Å². The fourth-order valence-electron chi connectivity index (χ4n) is 1.53. The van der Waals surface area contributed by atoms with Crippen LogP contribution in [0.5, 0.6) is 0 Å². The summed E-state index contributed by atoms with van der Waals surface area (Å²) >= 11 is 0. The quantitative estimate of drug-likeness (QED) is 0.391. The molecular weight excluding hydrogens is 227 g/mol. The summed E-state index contributed by atoms with van der Waals surface area (Å²) in [4.78, 5) is 10.2. The van der Waals surface area contributed by atoms with Crippen LogP contribution in [0.2, 0.25) is 0 Å². The van der Waals surface area contributed by atoms with E-state index in [2.05, 4.69) is 5.32 Å². The second-order valence-corrected chi connectivity index (χ2v) is 3.63. The normalized spacial score (nSPS) is 11.6. The molecule has 0 saturated carbocycles. The van der Waals surface area contributed by atoms with E-state index in [1.807, 2.05) is 30.3 Å². The SMILES string of the molecule is NC[C@H](NCCCC(=O)[O-])c1ccccc1.[Na+]. The van der Waals surface area contributed by atoms with Gasteiger partial charge in [-0.3, -0.25) is 0 Å². The molecule has 0 unspecified atom stereocenters. The zero-order valence-corrected chi connectivity index (χ0v) is 12.2. The van der Waals surface area contributed by atoms with Gasteiger partial charge in [0.15, 0.2) is 0 Å². The van der Waals surface area contributed by atoms with Gasteiger partial charge in [0, 0.05) is 18.6 Å². The Morgan fingerprint density at radius 3 is 2.53 bits per heavy atom. The molecule has 0 heterocycles. The third-order valence-corrected chi connectivity index (χ3v) is 2.39. The molecule has 0 aliphatic rings. The number of hydrogen-bond acceptors (Lipinski definition) is 4. The van der Waals surface area contributed by atoms with Crippen molar-refractivity contribution in [2.45, 2.75) is 18.9 Å². The zero-order chi connectivity index (χ0) is 11.8. The molecule has 0 aromatic heterocycles. The standard InChI is InChI=1S/C12H18N2O2.Na/c13-9-11(10-5-2-1-3-6-10)14-8-4-7-12(15)16;/h1-3,5-6,11,14H,4,7-9,13H2,(H,15,16);/q;+1/p-1/t11-;/m0./s1. The number of nitrogens with one attached hydrogen (secondary N) is 1. The molecule has 0 radical (unpaired) electrons. The molecule has 0 aliphatic carbocycles. The summed E-state index contributed by atoms with van der Waals surface area (Å²) in [5.74, 6) is -1.01. The largest absolute Gasteiger partial charge is 1.00 e. The fraction of sp³-hybridized carbons (Fsp3) is 0.417. The molecule has 0 spiro atoms. The number of carbonyl (C=O) groups excluding carboxylic acids is 1. The van der Waals surface area contributed by atoms with Crippen LogP contribution in [0, 0.1) is 0 Å². The van der Waals surface area contributed by atoms with Gasteiger partial charge in [0.1, 0.15) is 0 Å². The summed E-state index contributed by atoms with van der Waals surface area (Å²) in [7, 11) is 0. The van der Waals surface area contributed by atoms with Crippen molar-refractivity contribution < 1.29 is 39.5 Å². The first kappa shape index (κ1) is 16.6. The van der Waals surface area contributed by atoms with Crippen LogP contribution in [0.1, 0.15) is 24.4 Å². The average molecular weight is 244 g/mol. The summed E-state index contributed by atoms with van der Waals surface area (Å²) < 4.78 is 0. The van der Waals surface area contributed by atoms with E-state index in [9.17, 15) is 9.90 Å². The van der Waals surface area contributed by atoms with E-state index >= 15 is 0 Å². The summed E-state index contributed by atoms with van der Waals surface area (Å²) in [5.41, 5.74) is 6.78. The molecule has 5 heteroatoms. The molecule has 1 aromatic rings. The number of carbonyl (C=O) groups is 1. The molecule has 1 aromatic carbocycles. The predicted molar refractivity (Wildman–Crippen MR) is 60.5 cm³/mol. The smallest absolute Gasteiger partial charge is 0.550 e. The maximum atomic E-state index is 10.2. The van der Waals surface area contributed by atoms with Crippen LogP contribution in [0.4, 0.5) is 0 Å². The third-order valence-electron chi connectivity index (χ3n) is 2.39. The second kappa shape index (κ2) is 9.62. The van der Waals surface area contributed by atoms with Crippen LogP contribution in [0.25, 0.3) is 0 Å². The van der Waals surface area contributed by atoms with Crippen molar-refractivity contribution in [1.29, 1.82) is 0 Å². The number of aliphatic carboxylic acids is 1. The van der Waals surface area contributed by atoms with Gasteiger partial charge in [0.05, 0.1) is 0 Å². The van der Waals surface area contributed by atoms with Crippen LogP contribution >= 0.6 is 0 Å². The van der Waals surface area contributed by atoms with Gasteiger partial charge < -0.3 is 21.0 Å². The zero-order valence-electron chi connectivity index (χ0n) is 10.2. The summed E-state index contributed by atoms with van der Waals surface area (Å²) in [6.07, 6.45) is 0.644. The minimum atomic E-state index is -1.01. The number of rotatable bonds is 7. The minimum absolute atomic E-state index is 0. The molecule has 0 bridgehead atoms. The van der Waals surface area contributed by atoms with E-state index in [0.29, 0.717) is 19.5 Å². The molecule has 0 amide bonds. The number of carboxylic acid groups (broad SMARTS) is 1. The first-order valence-corrected chi connectivity index (χ1v) is 5.42. The van der Waals surface area contributed by atoms with Crippen LogP contribution in [0.3, 0.4) is 0 Å². The monoisotopic (exact) mass is 244 g/mol. The summed E-state index contributed by atoms with van der Waals surface area (Å²) in [6.45, 7) is 1.13. The van der Waals surface area contributed by atoms with Crippen molar-refractivity contribution in [3.8, 4) is 0 Å². The second-order valence-electron chi connectivity index (χ2n) is 3.63. The maximum absolute atomic E-state index is 10.2. The molecule has 0 fully saturated rings. The van der Waals surface area contributed by atoms with Crippen LogP contribution in [0.15, 0.2) is 30.3 Å². The average Bonchev–Trinajstić information content (AvgIpc) is 2.30. The van der Waals surface area contributed by atoms with E-state index in [-0.39, 0.29) is 42.0 Å². The van der Waals surface area contributed by atoms with Gasteiger partial charge in [0.2, 0.25) is 0 Å². The van der Waals surface area contributed by atoms with Gasteiger partial charge in [-0.2, -0.15) is 0 Å². The Balaban J connectivity index is 0.00000256. The number of carboxylic acids is 1. The van der Waals surface area contributed by atoms with E-state index in [1.54, 1.807) is 0 Å². The molecule has 4 nitrogen and oxygen atoms in total. The molecule has 1 atom stereocenters. The molecular formula is C12H17N2NaO2. The Kier molecular flexibility index (Phi) is 9.40. The van der Waals surface area contributed by atoms with Crippen LogP contribution < -0.4 is 45.7 Å². The van der Waals surface area contributed by atoms with Crippen LogP contribution in [-0.4, -0.2) is 19.1 Å². The van der Waals surface area contributed by atoms with E-state index in [1.165, 1.54) is 0 Å². The van der Waals surface area contributed by atoms with Gasteiger partial charge in [-0.05, 0) is 24.9 Å². The molecule has 17 heavy (non-hydrogen) atoms. The molecule has 88 valence electrons. The molecule has 3 N–H and O–H groups in total. The molecule has 0 saturated heterocycles. The maximum Gasteiger partial charge on any atom is 1.00 e. The first-order valence-electron chi connectivity index (χ1n) is 5.42. The fourth-order valence-corrected chi connectivity index (χ4v) is 1.53. The van der Waals surface area contributed by atoms with Crippen molar-refractivity contribution >= 4 is 5.97 Å². The van der Waals surface area contributed by atoms with E-state index in [4.69, 9.17) is 5.73 Å². The summed E-state index contributed by atoms with van der Waals surface area (Å²) in [6, 6.07) is 9.96. The predicted octanol–water partition coefficient (Wildman–Crippen LogP) is -3.19. The Morgan fingerprint density at radius 1 is 1.35 bits per heavy atom. The van der Waals surface area contributed by atoms with Gasteiger partial charge in [-0.25, -0.2) is 0 Å². The first-order chi connectivity index (χ1) is 7.74. The van der Waals surface area contributed by atoms with Crippen molar-refractivity contribution in [3.05, 3.63) is 35.9 Å². The minimum Gasteiger partial charge on any atom is -0.550 e. The van der Waals surface area contributed by atoms with Gasteiger partial charge in [-0.1, -0.05) is 30.3 Å². The van der Waals surface area contributed by atoms with Gasteiger partial charge >= 0.3 is 29.6 Å². The molecule has 1 rings (SSSR count). The van der Waals surface area contributed by atoms with Crippen molar-refractivity contribution in [1.82, 2.24) is 5.32 Å². The third kappa shape index (κ3) is 6.81. The van der Waals surface area contributed by atoms with E-state index < -0.39 is 5.97 Å². The number of nitrogens with two attached hydrogens (primary N) is 1. The van der Waals surface area contributed by atoms with Crippen molar-refractivity contribution in [2.24, 2.45) is 5.73 Å². The van der Waals surface area contributed by atoms with Gasteiger partial charge in [0.25, 0.3) is 0 Å². The van der Waals surface area contributed by atoms with Gasteiger partial charge in [-0.15, -0.1) is 0 Å². The molecule has 0 aliphatic heterocycles. The van der Waals surface area contributed by atoms with Crippen LogP contribution in [-0.2, 0) is 4.79 Å². The Morgan fingerprint density at radius 2 is 2.00 bits per heavy atom. The number of hydrogen-bond donors (Lipinski definition) is 2. The van der Waals surface area contributed by atoms with Crippen molar-refractivity contribution in [3.63, 3.8) is 0 Å².